The SMILES string of the molecule is Cn1ccc2c(Cl)nnc(Cl)c21. The molecule has 2 rings (SSSR count). The van der Waals surface area contributed by atoms with E-state index in [9.17, 15) is 0 Å². The first-order valence-electron chi connectivity index (χ1n) is 3.33. The van der Waals surface area contributed by atoms with Crippen LogP contribution in [0.25, 0.3) is 10.9 Å². The summed E-state index contributed by atoms with van der Waals surface area (Å²) in [6.45, 7) is 0. The summed E-state index contributed by atoms with van der Waals surface area (Å²) in [7, 11) is 1.88. The minimum absolute atomic E-state index is 0.377. The fourth-order valence-corrected chi connectivity index (χ4v) is 1.61. The summed E-state index contributed by atoms with van der Waals surface area (Å²) >= 11 is 11.6. The van der Waals surface area contributed by atoms with E-state index >= 15 is 0 Å². The van der Waals surface area contributed by atoms with Crippen LogP contribution in [0.3, 0.4) is 0 Å². The number of halogens is 2. The Morgan fingerprint density at radius 2 is 1.92 bits per heavy atom. The fraction of sp³-hybridized carbons (Fsp3) is 0.143. The molecule has 0 atom stereocenters. The normalized spacial score (nSPS) is 10.9. The Morgan fingerprint density at radius 1 is 1.25 bits per heavy atom. The lowest BCUT2D eigenvalue weighted by Gasteiger charge is -1.97. The highest BCUT2D eigenvalue weighted by Gasteiger charge is 2.08. The van der Waals surface area contributed by atoms with Gasteiger partial charge in [-0.05, 0) is 6.07 Å². The molecule has 0 bridgehead atoms. The molecule has 5 heteroatoms. The van der Waals surface area contributed by atoms with Gasteiger partial charge >= 0.3 is 0 Å². The number of fused-ring (bicyclic) bond motifs is 1. The molecule has 2 heterocycles. The van der Waals surface area contributed by atoms with Gasteiger partial charge in [0.2, 0.25) is 0 Å². The van der Waals surface area contributed by atoms with Gasteiger partial charge in [0.05, 0.1) is 5.52 Å². The van der Waals surface area contributed by atoms with Crippen molar-refractivity contribution >= 4 is 34.1 Å². The second-order valence-electron chi connectivity index (χ2n) is 2.47. The van der Waals surface area contributed by atoms with Crippen LogP contribution in [0.5, 0.6) is 0 Å². The van der Waals surface area contributed by atoms with Crippen LogP contribution in [0.2, 0.25) is 10.3 Å². The summed E-state index contributed by atoms with van der Waals surface area (Å²) in [6, 6.07) is 1.86. The molecule has 0 unspecified atom stereocenters. The van der Waals surface area contributed by atoms with E-state index in [-0.39, 0.29) is 0 Å². The van der Waals surface area contributed by atoms with Crippen molar-refractivity contribution in [1.29, 1.82) is 0 Å². The number of hydrogen-bond acceptors (Lipinski definition) is 2. The third-order valence-electron chi connectivity index (χ3n) is 1.72. The highest BCUT2D eigenvalue weighted by molar-refractivity contribution is 6.38. The predicted molar refractivity (Wildman–Crippen MR) is 48.5 cm³/mol. The Bertz CT molecular complexity index is 435. The average molecular weight is 202 g/mol. The predicted octanol–water partition coefficient (Wildman–Crippen LogP) is 2.28. The Balaban J connectivity index is 2.98. The number of nitrogens with zero attached hydrogens (tertiary/aromatic N) is 3. The van der Waals surface area contributed by atoms with Gasteiger partial charge in [0.1, 0.15) is 0 Å². The molecule has 2 aromatic rings. The van der Waals surface area contributed by atoms with Crippen LogP contribution in [0.1, 0.15) is 0 Å². The molecule has 0 spiro atoms. The summed E-state index contributed by atoms with van der Waals surface area (Å²) in [5, 5.41) is 8.99. The van der Waals surface area contributed by atoms with Gasteiger partial charge in [-0.25, -0.2) is 0 Å². The van der Waals surface area contributed by atoms with E-state index in [4.69, 9.17) is 23.2 Å². The molecule has 0 amide bonds. The van der Waals surface area contributed by atoms with E-state index in [0.29, 0.717) is 10.3 Å². The van der Waals surface area contributed by atoms with Gasteiger partial charge in [-0.15, -0.1) is 10.2 Å². The van der Waals surface area contributed by atoms with Crippen molar-refractivity contribution in [2.45, 2.75) is 0 Å². The molecule has 0 aliphatic carbocycles. The standard InChI is InChI=1S/C7H5Cl2N3/c1-12-3-2-4-5(12)7(9)11-10-6(4)8/h2-3H,1H3. The lowest BCUT2D eigenvalue weighted by atomic mass is 10.4. The van der Waals surface area contributed by atoms with Crippen LogP contribution in [0.4, 0.5) is 0 Å². The van der Waals surface area contributed by atoms with Crippen molar-refractivity contribution in [3.05, 3.63) is 22.6 Å². The van der Waals surface area contributed by atoms with Crippen LogP contribution in [0, 0.1) is 0 Å². The number of aromatic nitrogens is 3. The lowest BCUT2D eigenvalue weighted by molar-refractivity contribution is 0.953. The molecular formula is C7H5Cl2N3. The maximum Gasteiger partial charge on any atom is 0.176 e. The van der Waals surface area contributed by atoms with E-state index in [1.807, 2.05) is 23.9 Å². The highest BCUT2D eigenvalue weighted by Crippen LogP contribution is 2.25. The number of rotatable bonds is 0. The number of hydrogen-bond donors (Lipinski definition) is 0. The maximum atomic E-state index is 5.82. The summed E-state index contributed by atoms with van der Waals surface area (Å²) in [4.78, 5) is 0. The zero-order chi connectivity index (χ0) is 8.72. The van der Waals surface area contributed by atoms with Gasteiger partial charge in [-0.3, -0.25) is 0 Å². The first-order valence-corrected chi connectivity index (χ1v) is 4.08. The molecule has 0 aromatic carbocycles. The molecule has 0 saturated heterocycles. The van der Waals surface area contributed by atoms with Crippen molar-refractivity contribution in [2.24, 2.45) is 7.05 Å². The van der Waals surface area contributed by atoms with Crippen LogP contribution in [0.15, 0.2) is 12.3 Å². The smallest absolute Gasteiger partial charge is 0.176 e. The van der Waals surface area contributed by atoms with Crippen LogP contribution < -0.4 is 0 Å². The van der Waals surface area contributed by atoms with E-state index in [2.05, 4.69) is 10.2 Å². The van der Waals surface area contributed by atoms with E-state index < -0.39 is 0 Å². The number of aryl methyl sites for hydroxylation is 1. The van der Waals surface area contributed by atoms with Gasteiger partial charge in [0.25, 0.3) is 0 Å². The molecule has 0 radical (unpaired) electrons. The van der Waals surface area contributed by atoms with Gasteiger partial charge in [0.15, 0.2) is 10.3 Å². The van der Waals surface area contributed by atoms with Crippen LogP contribution in [-0.4, -0.2) is 14.8 Å². The van der Waals surface area contributed by atoms with Gasteiger partial charge in [0, 0.05) is 18.6 Å². The zero-order valence-corrected chi connectivity index (χ0v) is 7.76. The lowest BCUT2D eigenvalue weighted by Crippen LogP contribution is -1.90. The monoisotopic (exact) mass is 201 g/mol. The second kappa shape index (κ2) is 2.61. The fourth-order valence-electron chi connectivity index (χ4n) is 1.14. The molecule has 0 aliphatic rings. The van der Waals surface area contributed by atoms with E-state index in [0.717, 1.165) is 10.9 Å². The van der Waals surface area contributed by atoms with Crippen molar-refractivity contribution < 1.29 is 0 Å². The molecule has 0 N–H and O–H groups in total. The minimum Gasteiger partial charge on any atom is -0.348 e. The van der Waals surface area contributed by atoms with E-state index in [1.54, 1.807) is 0 Å². The Hall–Kier alpha value is -0.800. The van der Waals surface area contributed by atoms with E-state index in [1.165, 1.54) is 0 Å². The third-order valence-corrected chi connectivity index (χ3v) is 2.25. The van der Waals surface area contributed by atoms with Gasteiger partial charge in [-0.1, -0.05) is 23.2 Å². The van der Waals surface area contributed by atoms with Crippen molar-refractivity contribution in [2.75, 3.05) is 0 Å². The van der Waals surface area contributed by atoms with Crippen LogP contribution >= 0.6 is 23.2 Å². The summed E-state index contributed by atoms with van der Waals surface area (Å²) < 4.78 is 1.86. The quantitative estimate of drug-likeness (QED) is 0.655. The molecule has 3 nitrogen and oxygen atoms in total. The zero-order valence-electron chi connectivity index (χ0n) is 6.25. The average Bonchev–Trinajstić information content (AvgIpc) is 2.42. The van der Waals surface area contributed by atoms with Crippen LogP contribution in [-0.2, 0) is 7.05 Å². The van der Waals surface area contributed by atoms with Gasteiger partial charge < -0.3 is 4.57 Å². The summed E-state index contributed by atoms with van der Waals surface area (Å²) in [6.07, 6.45) is 1.87. The molecule has 0 fully saturated rings. The third kappa shape index (κ3) is 0.974. The summed E-state index contributed by atoms with van der Waals surface area (Å²) in [5.41, 5.74) is 0.816. The largest absolute Gasteiger partial charge is 0.348 e. The van der Waals surface area contributed by atoms with Crippen molar-refractivity contribution in [3.8, 4) is 0 Å². The second-order valence-corrected chi connectivity index (χ2v) is 3.19. The Morgan fingerprint density at radius 3 is 2.58 bits per heavy atom. The summed E-state index contributed by atoms with van der Waals surface area (Å²) in [5.74, 6) is 0. The first kappa shape index (κ1) is 7.83. The first-order chi connectivity index (χ1) is 5.70. The molecule has 62 valence electrons. The van der Waals surface area contributed by atoms with Crippen molar-refractivity contribution in [1.82, 2.24) is 14.8 Å². The topological polar surface area (TPSA) is 30.7 Å². The Kier molecular flexibility index (Phi) is 1.70. The minimum atomic E-state index is 0.377. The van der Waals surface area contributed by atoms with Crippen molar-refractivity contribution in [3.63, 3.8) is 0 Å². The molecule has 2 aromatic heterocycles. The highest BCUT2D eigenvalue weighted by atomic mass is 35.5. The molecular weight excluding hydrogens is 197 g/mol. The molecule has 0 saturated carbocycles. The molecule has 0 aliphatic heterocycles. The maximum absolute atomic E-state index is 5.82. The Labute approximate surface area is 78.9 Å². The van der Waals surface area contributed by atoms with Gasteiger partial charge in [-0.2, -0.15) is 0 Å². The molecule has 12 heavy (non-hydrogen) atoms.